The van der Waals surface area contributed by atoms with Gasteiger partial charge >= 0.3 is 11.7 Å². The van der Waals surface area contributed by atoms with E-state index in [9.17, 15) is 14.9 Å². The monoisotopic (exact) mass is 409 g/mol. The zero-order valence-corrected chi connectivity index (χ0v) is 15.9. The molecule has 1 N–H and O–H groups in total. The number of anilines is 1. The summed E-state index contributed by atoms with van der Waals surface area (Å²) in [6.07, 6.45) is 7.43. The molecule has 1 aliphatic rings. The maximum atomic E-state index is 11.8. The van der Waals surface area contributed by atoms with E-state index >= 15 is 0 Å². The summed E-state index contributed by atoms with van der Waals surface area (Å²) in [7, 11) is 0. The number of pyridine rings is 1. The fourth-order valence-electron chi connectivity index (χ4n) is 3.47. The molecule has 0 atom stereocenters. The van der Waals surface area contributed by atoms with Gasteiger partial charge in [-0.3, -0.25) is 14.9 Å². The highest BCUT2D eigenvalue weighted by Gasteiger charge is 2.31. The number of imidazole rings is 1. The molecule has 30 heavy (non-hydrogen) atoms. The summed E-state index contributed by atoms with van der Waals surface area (Å²) in [5.74, 6) is -0.553. The van der Waals surface area contributed by atoms with E-state index < -0.39 is 16.8 Å². The van der Waals surface area contributed by atoms with Crippen LogP contribution in [0.4, 0.5) is 11.5 Å². The predicted molar refractivity (Wildman–Crippen MR) is 107 cm³/mol. The Morgan fingerprint density at radius 2 is 1.90 bits per heavy atom. The molecule has 3 aromatic rings. The third kappa shape index (κ3) is 3.93. The number of hydrogen-bond acceptors (Lipinski definition) is 7. The Labute approximate surface area is 171 Å². The average Bonchev–Trinajstić information content (AvgIpc) is 3.29. The van der Waals surface area contributed by atoms with Crippen molar-refractivity contribution in [1.82, 2.24) is 14.5 Å². The molecule has 0 radical (unpaired) electrons. The number of benzene rings is 1. The molecule has 0 aliphatic carbocycles. The van der Waals surface area contributed by atoms with Crippen LogP contribution in [0.1, 0.15) is 12.8 Å². The van der Waals surface area contributed by atoms with Crippen LogP contribution in [0.2, 0.25) is 0 Å². The van der Waals surface area contributed by atoms with Crippen molar-refractivity contribution in [2.75, 3.05) is 18.0 Å². The molecule has 10 nitrogen and oxygen atoms in total. The summed E-state index contributed by atoms with van der Waals surface area (Å²) >= 11 is 0. The van der Waals surface area contributed by atoms with Gasteiger partial charge in [0.2, 0.25) is 11.6 Å². The summed E-state index contributed by atoms with van der Waals surface area (Å²) in [6, 6.07) is 8.54. The number of rotatable bonds is 6. The first-order valence-corrected chi connectivity index (χ1v) is 9.40. The summed E-state index contributed by atoms with van der Waals surface area (Å²) in [6.45, 7) is 0.766. The van der Waals surface area contributed by atoms with E-state index in [1.54, 1.807) is 29.6 Å². The highest BCUT2D eigenvalue weighted by Crippen LogP contribution is 2.39. The van der Waals surface area contributed by atoms with Crippen LogP contribution in [-0.2, 0) is 4.79 Å². The Morgan fingerprint density at radius 3 is 2.50 bits per heavy atom. The van der Waals surface area contributed by atoms with Crippen molar-refractivity contribution in [3.05, 3.63) is 65.4 Å². The molecule has 1 fully saturated rings. The van der Waals surface area contributed by atoms with Crippen LogP contribution >= 0.6 is 0 Å². The van der Waals surface area contributed by atoms with Crippen molar-refractivity contribution >= 4 is 17.5 Å². The van der Waals surface area contributed by atoms with Crippen molar-refractivity contribution in [3.63, 3.8) is 0 Å². The van der Waals surface area contributed by atoms with Crippen LogP contribution in [0, 0.1) is 16.0 Å². The van der Waals surface area contributed by atoms with Gasteiger partial charge in [0.1, 0.15) is 5.75 Å². The third-order valence-corrected chi connectivity index (χ3v) is 5.06. The van der Waals surface area contributed by atoms with Gasteiger partial charge in [-0.1, -0.05) is 0 Å². The Bertz CT molecular complexity index is 1040. The van der Waals surface area contributed by atoms with E-state index in [1.807, 2.05) is 22.9 Å². The maximum absolute atomic E-state index is 11.8. The lowest BCUT2D eigenvalue weighted by molar-refractivity contribution is -0.385. The lowest BCUT2D eigenvalue weighted by Gasteiger charge is -2.30. The van der Waals surface area contributed by atoms with Crippen molar-refractivity contribution in [2.45, 2.75) is 12.8 Å². The van der Waals surface area contributed by atoms with Crippen LogP contribution in [0.3, 0.4) is 0 Å². The van der Waals surface area contributed by atoms with Crippen LogP contribution in [0.15, 0.2) is 55.2 Å². The van der Waals surface area contributed by atoms with Crippen molar-refractivity contribution in [1.29, 1.82) is 0 Å². The number of carbonyl (C=O) groups is 1. The zero-order chi connectivity index (χ0) is 21.1. The van der Waals surface area contributed by atoms with Crippen LogP contribution in [0.5, 0.6) is 11.5 Å². The number of piperidine rings is 1. The number of hydrogen-bond donors (Lipinski definition) is 1. The molecule has 154 valence electrons. The fourth-order valence-corrected chi connectivity index (χ4v) is 3.47. The molecule has 1 saturated heterocycles. The molecule has 0 saturated carbocycles. The Kier molecular flexibility index (Phi) is 5.29. The molecule has 1 aromatic carbocycles. The number of aromatic nitrogens is 3. The normalized spacial score (nSPS) is 14.5. The lowest BCUT2D eigenvalue weighted by atomic mass is 9.97. The van der Waals surface area contributed by atoms with E-state index in [0.29, 0.717) is 31.7 Å². The minimum Gasteiger partial charge on any atom is -0.481 e. The summed E-state index contributed by atoms with van der Waals surface area (Å²) in [4.78, 5) is 32.4. The van der Waals surface area contributed by atoms with Crippen LogP contribution in [-0.4, -0.2) is 43.6 Å². The van der Waals surface area contributed by atoms with Gasteiger partial charge in [-0.2, -0.15) is 0 Å². The first-order valence-electron chi connectivity index (χ1n) is 9.40. The number of nitro groups is 1. The summed E-state index contributed by atoms with van der Waals surface area (Å²) in [5, 5.41) is 21.0. The second-order valence-electron chi connectivity index (χ2n) is 6.90. The second kappa shape index (κ2) is 8.19. The van der Waals surface area contributed by atoms with Gasteiger partial charge in [-0.05, 0) is 37.1 Å². The molecule has 10 heteroatoms. The van der Waals surface area contributed by atoms with E-state index in [2.05, 4.69) is 9.97 Å². The van der Waals surface area contributed by atoms with Crippen molar-refractivity contribution < 1.29 is 19.6 Å². The van der Waals surface area contributed by atoms with Gasteiger partial charge in [-0.25, -0.2) is 9.97 Å². The van der Waals surface area contributed by atoms with Gasteiger partial charge in [0.05, 0.1) is 17.2 Å². The third-order valence-electron chi connectivity index (χ3n) is 5.06. The zero-order valence-electron chi connectivity index (χ0n) is 15.9. The Hall–Kier alpha value is -3.95. The highest BCUT2D eigenvalue weighted by atomic mass is 16.6. The largest absolute Gasteiger partial charge is 0.481 e. The SMILES string of the molecule is O=C(O)C1CCN(c2nccc(Oc3ccc(-n4ccnc4)cc3)c2[N+](=O)[O-])CC1. The lowest BCUT2D eigenvalue weighted by Crippen LogP contribution is -2.37. The number of nitrogens with zero attached hydrogens (tertiary/aromatic N) is 5. The number of carboxylic acids is 1. The molecule has 2 aromatic heterocycles. The number of aliphatic carboxylic acids is 1. The van der Waals surface area contributed by atoms with Crippen LogP contribution < -0.4 is 9.64 Å². The highest BCUT2D eigenvalue weighted by molar-refractivity contribution is 5.71. The van der Waals surface area contributed by atoms with E-state index in [0.717, 1.165) is 5.69 Å². The van der Waals surface area contributed by atoms with Gasteiger partial charge in [0.25, 0.3) is 0 Å². The molecule has 0 unspecified atom stereocenters. The summed E-state index contributed by atoms with van der Waals surface area (Å²) < 4.78 is 7.64. The molecule has 0 spiro atoms. The molecule has 0 bridgehead atoms. The molecule has 4 rings (SSSR count). The molecule has 3 heterocycles. The standard InChI is InChI=1S/C20H19N5O5/c26-20(27)14-6-10-23(11-7-14)19-18(25(28)29)17(5-8-22-19)30-16-3-1-15(2-4-16)24-12-9-21-13-24/h1-5,8-9,12-14H,6-7,10-11H2,(H,26,27). The second-order valence-corrected chi connectivity index (χ2v) is 6.90. The van der Waals surface area contributed by atoms with Gasteiger partial charge in [-0.15, -0.1) is 0 Å². The van der Waals surface area contributed by atoms with Crippen molar-refractivity contribution in [3.8, 4) is 17.2 Å². The smallest absolute Gasteiger partial charge is 0.353 e. The molecule has 0 amide bonds. The van der Waals surface area contributed by atoms with Gasteiger partial charge in [0.15, 0.2) is 0 Å². The first-order chi connectivity index (χ1) is 14.5. The van der Waals surface area contributed by atoms with E-state index in [4.69, 9.17) is 9.84 Å². The molecular formula is C20H19N5O5. The maximum Gasteiger partial charge on any atom is 0.353 e. The first kappa shape index (κ1) is 19.4. The predicted octanol–water partition coefficient (Wildman–Crippen LogP) is 3.27. The number of ether oxygens (including phenoxy) is 1. The average molecular weight is 409 g/mol. The van der Waals surface area contributed by atoms with Crippen molar-refractivity contribution in [2.24, 2.45) is 5.92 Å². The topological polar surface area (TPSA) is 124 Å². The van der Waals surface area contributed by atoms with E-state index in [1.165, 1.54) is 12.3 Å². The molecule has 1 aliphatic heterocycles. The fraction of sp³-hybridized carbons (Fsp3) is 0.250. The Morgan fingerprint density at radius 1 is 1.17 bits per heavy atom. The Balaban J connectivity index is 1.57. The quantitative estimate of drug-likeness (QED) is 0.486. The minimum absolute atomic E-state index is 0.0840. The van der Waals surface area contributed by atoms with E-state index in [-0.39, 0.29) is 17.3 Å². The van der Waals surface area contributed by atoms with Gasteiger partial charge in [0, 0.05) is 43.4 Å². The summed E-state index contributed by atoms with van der Waals surface area (Å²) in [5.41, 5.74) is 0.649. The minimum atomic E-state index is -0.840. The molecular weight excluding hydrogens is 390 g/mol. The van der Waals surface area contributed by atoms with Crippen LogP contribution in [0.25, 0.3) is 5.69 Å². The number of carboxylic acid groups (broad SMARTS) is 1. The van der Waals surface area contributed by atoms with Gasteiger partial charge < -0.3 is 19.3 Å².